The molecule has 0 amide bonds. The van der Waals surface area contributed by atoms with Crippen molar-refractivity contribution in [3.05, 3.63) is 180 Å². The number of para-hydroxylation sites is 4. The Labute approximate surface area is 439 Å². The van der Waals surface area contributed by atoms with Crippen LogP contribution in [-0.2, 0) is 21.7 Å². The first-order chi connectivity index (χ1) is 35.4. The van der Waals surface area contributed by atoms with Gasteiger partial charge in [0.15, 0.2) is 18.8 Å². The van der Waals surface area contributed by atoms with Gasteiger partial charge in [0.25, 0.3) is 0 Å². The maximum Gasteiger partial charge on any atom is 0.198 e. The topological polar surface area (TPSA) is 29.4 Å². The van der Waals surface area contributed by atoms with Gasteiger partial charge in [-0.15, -0.1) is 11.3 Å². The molecule has 0 spiro atoms. The molecule has 0 atom stereocenters. The number of nitrogens with one attached hydrogen (secondary N) is 1. The number of thiophene rings is 1. The molecule has 6 heteroatoms. The minimum atomic E-state index is -0.0203. The van der Waals surface area contributed by atoms with Gasteiger partial charge in [0.05, 0.1) is 28.1 Å². The Morgan fingerprint density at radius 3 is 1.85 bits per heavy atom. The summed E-state index contributed by atoms with van der Waals surface area (Å²) in [4.78, 5) is 2.49. The molecule has 14 rings (SSSR count). The molecule has 0 radical (unpaired) electrons. The molecule has 0 saturated heterocycles. The van der Waals surface area contributed by atoms with Crippen LogP contribution in [0.4, 0.5) is 28.4 Å². The number of anilines is 5. The van der Waals surface area contributed by atoms with E-state index in [4.69, 9.17) is 4.74 Å². The van der Waals surface area contributed by atoms with Gasteiger partial charge in [0, 0.05) is 59.0 Å². The van der Waals surface area contributed by atoms with Gasteiger partial charge in [0.1, 0.15) is 0 Å². The van der Waals surface area contributed by atoms with Crippen molar-refractivity contribution in [3.8, 4) is 28.3 Å². The molecule has 74 heavy (non-hydrogen) atoms. The van der Waals surface area contributed by atoms with Crippen LogP contribution < -0.4 is 25.9 Å². The highest BCUT2D eigenvalue weighted by molar-refractivity contribution is 7.25. The predicted molar refractivity (Wildman–Crippen MR) is 320 cm³/mol. The first kappa shape index (κ1) is 45.3. The maximum atomic E-state index is 6.75. The number of benzene rings is 9. The summed E-state index contributed by atoms with van der Waals surface area (Å²) >= 11 is 1.94. The summed E-state index contributed by atoms with van der Waals surface area (Å²) in [5, 5.41) is 11.7. The molecule has 1 N–H and O–H groups in total. The lowest BCUT2D eigenvalue weighted by Crippen LogP contribution is -2.38. The van der Waals surface area contributed by atoms with Crippen molar-refractivity contribution in [1.82, 2.24) is 4.57 Å². The Morgan fingerprint density at radius 2 is 1.15 bits per heavy atom. The zero-order valence-corrected chi connectivity index (χ0v) is 45.2. The van der Waals surface area contributed by atoms with E-state index in [9.17, 15) is 0 Å². The van der Waals surface area contributed by atoms with Gasteiger partial charge in [-0.3, -0.25) is 0 Å². The summed E-state index contributed by atoms with van der Waals surface area (Å²) in [5.41, 5.74) is 20.1. The van der Waals surface area contributed by atoms with E-state index >= 15 is 0 Å². The van der Waals surface area contributed by atoms with Crippen LogP contribution >= 0.6 is 11.3 Å². The summed E-state index contributed by atoms with van der Waals surface area (Å²) in [6, 6.07) is 59.9. The Bertz CT molecular complexity index is 4150. The molecular formula is C68H62BN3OS. The molecule has 11 aromatic rings. The second-order valence-corrected chi connectivity index (χ2v) is 26.0. The van der Waals surface area contributed by atoms with Gasteiger partial charge >= 0.3 is 0 Å². The first-order valence-electron chi connectivity index (χ1n) is 26.7. The predicted octanol–water partition coefficient (Wildman–Crippen LogP) is 17.9. The summed E-state index contributed by atoms with van der Waals surface area (Å²) in [6.45, 7) is 23.7. The summed E-state index contributed by atoms with van der Waals surface area (Å²) in [5.74, 6) is 1.68. The molecule has 4 nitrogen and oxygen atoms in total. The lowest BCUT2D eigenvalue weighted by atomic mass is 9.58. The van der Waals surface area contributed by atoms with Gasteiger partial charge in [-0.2, -0.15) is 0 Å². The molecule has 0 saturated carbocycles. The smallest absolute Gasteiger partial charge is 0.198 e. The van der Waals surface area contributed by atoms with Crippen LogP contribution in [0.5, 0.6) is 11.5 Å². The number of rotatable bonds is 4. The summed E-state index contributed by atoms with van der Waals surface area (Å²) < 4.78 is 12.1. The van der Waals surface area contributed by atoms with Crippen molar-refractivity contribution in [2.45, 2.75) is 104 Å². The highest BCUT2D eigenvalue weighted by atomic mass is 32.1. The van der Waals surface area contributed by atoms with Gasteiger partial charge in [-0.05, 0) is 146 Å². The highest BCUT2D eigenvalue weighted by Gasteiger charge is 2.39. The quantitative estimate of drug-likeness (QED) is 0.178. The average molecular weight is 980 g/mol. The molecule has 3 aliphatic rings. The second kappa shape index (κ2) is 15.6. The van der Waals surface area contributed by atoms with E-state index in [2.05, 4.69) is 242 Å². The SMILES string of the molecule is CC(C)(C)c1ccc(Nc2cc3sc4cc5c(cc4c3cc2-c2cc(N3c4ccccc4Oc4ccccc43)c3c4ccc6ccccc6c4n4c3c2Bc2cc(C(C)(C)C)ccc2-4)C(C)(C)CCC5(C)C)cc1. The fourth-order valence-electron chi connectivity index (χ4n) is 12.8. The van der Waals surface area contributed by atoms with E-state index in [0.29, 0.717) is 0 Å². The molecule has 364 valence electrons. The van der Waals surface area contributed by atoms with Crippen LogP contribution in [0.25, 0.3) is 69.6 Å². The normalized spacial score (nSPS) is 15.5. The minimum Gasteiger partial charge on any atom is -0.453 e. The third-order valence-corrected chi connectivity index (χ3v) is 18.2. The lowest BCUT2D eigenvalue weighted by Gasteiger charge is -2.41. The van der Waals surface area contributed by atoms with Gasteiger partial charge in [-0.25, -0.2) is 0 Å². The fraction of sp³-hybridized carbons (Fsp3) is 0.235. The number of hydrogen-bond donors (Lipinski definition) is 1. The number of aromatic nitrogens is 1. The fourth-order valence-corrected chi connectivity index (χ4v) is 14.0. The third-order valence-electron chi connectivity index (χ3n) is 17.1. The number of ether oxygens (including phenoxy) is 1. The van der Waals surface area contributed by atoms with Crippen LogP contribution in [0.15, 0.2) is 158 Å². The van der Waals surface area contributed by atoms with Crippen molar-refractivity contribution >= 4 is 111 Å². The van der Waals surface area contributed by atoms with Gasteiger partial charge in [-0.1, -0.05) is 160 Å². The van der Waals surface area contributed by atoms with Crippen LogP contribution in [0, 0.1) is 0 Å². The first-order valence-corrected chi connectivity index (χ1v) is 27.5. The molecule has 2 aromatic heterocycles. The van der Waals surface area contributed by atoms with Crippen molar-refractivity contribution in [2.24, 2.45) is 0 Å². The summed E-state index contributed by atoms with van der Waals surface area (Å²) in [6.07, 6.45) is 2.36. The van der Waals surface area contributed by atoms with E-state index in [1.807, 2.05) is 11.3 Å². The third kappa shape index (κ3) is 6.79. The molecule has 9 aromatic carbocycles. The Balaban J connectivity index is 1.15. The van der Waals surface area contributed by atoms with Crippen LogP contribution in [-0.4, -0.2) is 11.8 Å². The van der Waals surface area contributed by atoms with Gasteiger partial charge < -0.3 is 19.5 Å². The molecule has 0 fully saturated rings. The van der Waals surface area contributed by atoms with Crippen LogP contribution in [0.3, 0.4) is 0 Å². The van der Waals surface area contributed by atoms with E-state index in [1.54, 1.807) is 0 Å². The number of hydrogen-bond acceptors (Lipinski definition) is 4. The Hall–Kier alpha value is -7.28. The lowest BCUT2D eigenvalue weighted by molar-refractivity contribution is 0.332. The maximum absolute atomic E-state index is 6.75. The average Bonchev–Trinajstić information content (AvgIpc) is 3.94. The molecule has 4 heterocycles. The minimum absolute atomic E-state index is 0.0203. The summed E-state index contributed by atoms with van der Waals surface area (Å²) in [7, 11) is 0.787. The number of nitrogens with zero attached hydrogens (tertiary/aromatic N) is 2. The monoisotopic (exact) mass is 979 g/mol. The van der Waals surface area contributed by atoms with Crippen LogP contribution in [0.1, 0.15) is 104 Å². The molecule has 1 aliphatic carbocycles. The number of fused-ring (bicyclic) bond motifs is 13. The van der Waals surface area contributed by atoms with Crippen LogP contribution in [0.2, 0.25) is 0 Å². The Morgan fingerprint density at radius 1 is 0.527 bits per heavy atom. The molecule has 2 aliphatic heterocycles. The van der Waals surface area contributed by atoms with E-state index < -0.39 is 0 Å². The van der Waals surface area contributed by atoms with Crippen molar-refractivity contribution in [3.63, 3.8) is 0 Å². The largest absolute Gasteiger partial charge is 0.453 e. The molecule has 0 bridgehead atoms. The zero-order valence-electron chi connectivity index (χ0n) is 44.3. The molecular weight excluding hydrogens is 918 g/mol. The van der Waals surface area contributed by atoms with E-state index in [1.165, 1.54) is 116 Å². The Kier molecular flexibility index (Phi) is 9.58. The van der Waals surface area contributed by atoms with Crippen molar-refractivity contribution < 1.29 is 4.74 Å². The van der Waals surface area contributed by atoms with Crippen molar-refractivity contribution in [2.75, 3.05) is 10.2 Å². The van der Waals surface area contributed by atoms with E-state index in [-0.39, 0.29) is 21.7 Å². The van der Waals surface area contributed by atoms with Gasteiger partial charge in [0.2, 0.25) is 0 Å². The standard InChI is InChI=1S/C68H62BN3OS/c1-65(2,3)40-24-27-42(28-25-40)70-52-38-60-46(47-35-49-50(37-59(47)74-60)68(9,10)32-31-67(49,7)8)34-45(52)48-36-56(71-54-19-13-15-21-57(54)73-58-22-16-14-20-55(58)71)61-44-29-23-39-17-11-12-18-43(39)63(44)72-53-30-26-41(66(4,5)6)33-51(53)69-62(48)64(61)72/h11-30,33-38,69-70H,31-32H2,1-10H3. The van der Waals surface area contributed by atoms with Crippen molar-refractivity contribution in [1.29, 1.82) is 0 Å². The second-order valence-electron chi connectivity index (χ2n) is 24.9. The zero-order chi connectivity index (χ0) is 50.8. The highest BCUT2D eigenvalue weighted by Crippen LogP contribution is 2.56. The molecule has 0 unspecified atom stereocenters. The van der Waals surface area contributed by atoms with E-state index in [0.717, 1.165) is 47.2 Å².